The number of hydrogen-bond donors (Lipinski definition) is 1. The van der Waals surface area contributed by atoms with Crippen molar-refractivity contribution in [3.8, 4) is 0 Å². The molecule has 0 amide bonds. The van der Waals surface area contributed by atoms with E-state index in [0.717, 1.165) is 19.3 Å². The van der Waals surface area contributed by atoms with E-state index >= 15 is 0 Å². The zero-order valence-electron chi connectivity index (χ0n) is 11.1. The Morgan fingerprint density at radius 3 is 3.00 bits per heavy atom. The van der Waals surface area contributed by atoms with E-state index in [1.54, 1.807) is 15.9 Å². The number of thiophene rings is 1. The molecule has 0 aromatic carbocycles. The standard InChI is InChI=1S/C12H16N4O2S2/c1-2-16-11(14-15-12(16)20(13,17)18)9-4-3-5-10-8(9)6-7-19-10/h6-7,9H,2-5H2,1H3,(H2,13,17,18). The Hall–Kier alpha value is -1.25. The topological polar surface area (TPSA) is 90.9 Å². The molecule has 6 nitrogen and oxygen atoms in total. The SMILES string of the molecule is CCn1c(C2CCCc3sccc32)nnc1S(N)(=O)=O. The predicted octanol–water partition coefficient (Wildman–Crippen LogP) is 1.48. The molecule has 20 heavy (non-hydrogen) atoms. The number of rotatable bonds is 3. The average molecular weight is 312 g/mol. The van der Waals surface area contributed by atoms with Gasteiger partial charge in [-0.25, -0.2) is 13.6 Å². The lowest BCUT2D eigenvalue weighted by Crippen LogP contribution is -2.20. The van der Waals surface area contributed by atoms with Crippen molar-refractivity contribution in [2.45, 2.75) is 43.8 Å². The number of nitrogens with two attached hydrogens (primary N) is 1. The number of aryl methyl sites for hydroxylation is 1. The van der Waals surface area contributed by atoms with Crippen LogP contribution in [-0.4, -0.2) is 23.2 Å². The number of nitrogens with zero attached hydrogens (tertiary/aromatic N) is 3. The summed E-state index contributed by atoms with van der Waals surface area (Å²) in [5.74, 6) is 0.823. The largest absolute Gasteiger partial charge is 0.301 e. The second kappa shape index (κ2) is 4.94. The molecular formula is C12H16N4O2S2. The predicted molar refractivity (Wildman–Crippen MR) is 76.2 cm³/mol. The van der Waals surface area contributed by atoms with Gasteiger partial charge in [-0.15, -0.1) is 21.5 Å². The molecule has 108 valence electrons. The highest BCUT2D eigenvalue weighted by molar-refractivity contribution is 7.89. The van der Waals surface area contributed by atoms with Crippen molar-refractivity contribution in [3.63, 3.8) is 0 Å². The van der Waals surface area contributed by atoms with E-state index in [4.69, 9.17) is 5.14 Å². The summed E-state index contributed by atoms with van der Waals surface area (Å²) >= 11 is 1.75. The zero-order chi connectivity index (χ0) is 14.3. The van der Waals surface area contributed by atoms with Crippen molar-refractivity contribution in [1.82, 2.24) is 14.8 Å². The Balaban J connectivity index is 2.11. The van der Waals surface area contributed by atoms with Crippen LogP contribution in [0.2, 0.25) is 0 Å². The first kappa shape index (κ1) is 13.7. The van der Waals surface area contributed by atoms with Crippen molar-refractivity contribution in [2.75, 3.05) is 0 Å². The van der Waals surface area contributed by atoms with Crippen molar-refractivity contribution in [3.05, 3.63) is 27.7 Å². The van der Waals surface area contributed by atoms with E-state index in [0.29, 0.717) is 12.4 Å². The Morgan fingerprint density at radius 2 is 2.30 bits per heavy atom. The molecule has 1 atom stereocenters. The molecule has 3 rings (SSSR count). The van der Waals surface area contributed by atoms with Crippen LogP contribution in [0.15, 0.2) is 16.6 Å². The van der Waals surface area contributed by atoms with E-state index in [-0.39, 0.29) is 11.1 Å². The number of fused-ring (bicyclic) bond motifs is 1. The minimum atomic E-state index is -3.84. The number of hydrogen-bond acceptors (Lipinski definition) is 5. The summed E-state index contributed by atoms with van der Waals surface area (Å²) in [6, 6.07) is 2.11. The van der Waals surface area contributed by atoms with Crippen molar-refractivity contribution in [2.24, 2.45) is 5.14 Å². The third kappa shape index (κ3) is 2.17. The third-order valence-corrected chi connectivity index (χ3v) is 5.49. The van der Waals surface area contributed by atoms with Crippen LogP contribution in [0, 0.1) is 0 Å². The zero-order valence-corrected chi connectivity index (χ0v) is 12.7. The highest BCUT2D eigenvalue weighted by Gasteiger charge is 2.30. The quantitative estimate of drug-likeness (QED) is 0.929. The summed E-state index contributed by atoms with van der Waals surface area (Å²) in [5, 5.41) is 15.0. The molecule has 2 N–H and O–H groups in total. The van der Waals surface area contributed by atoms with Crippen LogP contribution in [0.1, 0.15) is 41.9 Å². The maximum atomic E-state index is 11.6. The van der Waals surface area contributed by atoms with Gasteiger partial charge < -0.3 is 4.57 Å². The molecule has 0 spiro atoms. The summed E-state index contributed by atoms with van der Waals surface area (Å²) in [6.45, 7) is 2.36. The number of aromatic nitrogens is 3. The molecule has 0 radical (unpaired) electrons. The van der Waals surface area contributed by atoms with E-state index in [9.17, 15) is 8.42 Å². The lowest BCUT2D eigenvalue weighted by atomic mass is 9.87. The molecule has 0 fully saturated rings. The van der Waals surface area contributed by atoms with Gasteiger partial charge in [-0.1, -0.05) is 0 Å². The van der Waals surface area contributed by atoms with E-state index in [2.05, 4.69) is 21.6 Å². The van der Waals surface area contributed by atoms with E-state index < -0.39 is 10.0 Å². The van der Waals surface area contributed by atoms with Crippen LogP contribution in [0.5, 0.6) is 0 Å². The molecule has 0 bridgehead atoms. The molecule has 1 unspecified atom stereocenters. The summed E-state index contributed by atoms with van der Waals surface area (Å²) in [5.41, 5.74) is 1.25. The smallest absolute Gasteiger partial charge is 0.273 e. The van der Waals surface area contributed by atoms with Crippen LogP contribution >= 0.6 is 11.3 Å². The number of primary sulfonamides is 1. The van der Waals surface area contributed by atoms with Gasteiger partial charge in [-0.2, -0.15) is 0 Å². The normalized spacial score (nSPS) is 19.0. The number of sulfonamides is 1. The molecular weight excluding hydrogens is 296 g/mol. The summed E-state index contributed by atoms with van der Waals surface area (Å²) in [4.78, 5) is 1.36. The van der Waals surface area contributed by atoms with Gasteiger partial charge in [0, 0.05) is 17.3 Å². The minimum absolute atomic E-state index is 0.118. The van der Waals surface area contributed by atoms with Crippen LogP contribution in [0.3, 0.4) is 0 Å². The molecule has 2 heterocycles. The molecule has 8 heteroatoms. The van der Waals surface area contributed by atoms with Gasteiger partial charge in [0.2, 0.25) is 0 Å². The second-order valence-corrected chi connectivity index (χ2v) is 7.33. The third-order valence-electron chi connectivity index (χ3n) is 3.68. The molecule has 0 saturated carbocycles. The van der Waals surface area contributed by atoms with E-state index in [1.807, 2.05) is 6.92 Å². The Bertz CT molecular complexity index is 732. The van der Waals surface area contributed by atoms with Crippen LogP contribution < -0.4 is 5.14 Å². The average Bonchev–Trinajstić information content (AvgIpc) is 3.03. The first-order valence-electron chi connectivity index (χ1n) is 6.54. The maximum absolute atomic E-state index is 11.6. The highest BCUT2D eigenvalue weighted by atomic mass is 32.2. The molecule has 0 aliphatic heterocycles. The van der Waals surface area contributed by atoms with Gasteiger partial charge in [-0.05, 0) is 43.2 Å². The monoisotopic (exact) mass is 312 g/mol. The second-order valence-electron chi connectivity index (χ2n) is 4.87. The Morgan fingerprint density at radius 1 is 1.50 bits per heavy atom. The van der Waals surface area contributed by atoms with Crippen LogP contribution in [-0.2, 0) is 23.0 Å². The molecule has 2 aromatic rings. The summed E-state index contributed by atoms with van der Waals surface area (Å²) in [7, 11) is -3.84. The first-order chi connectivity index (χ1) is 9.52. The van der Waals surface area contributed by atoms with Crippen LogP contribution in [0.4, 0.5) is 0 Å². The Kier molecular flexibility index (Phi) is 3.39. The van der Waals surface area contributed by atoms with Crippen molar-refractivity contribution >= 4 is 21.4 Å². The molecule has 2 aromatic heterocycles. The van der Waals surface area contributed by atoms with E-state index in [1.165, 1.54) is 10.4 Å². The van der Waals surface area contributed by atoms with Gasteiger partial charge in [0.15, 0.2) is 0 Å². The fraction of sp³-hybridized carbons (Fsp3) is 0.500. The summed E-state index contributed by atoms with van der Waals surface area (Å²) < 4.78 is 24.7. The highest BCUT2D eigenvalue weighted by Crippen LogP contribution is 2.38. The van der Waals surface area contributed by atoms with Gasteiger partial charge in [0.1, 0.15) is 5.82 Å². The first-order valence-corrected chi connectivity index (χ1v) is 8.97. The molecule has 1 aliphatic carbocycles. The van der Waals surface area contributed by atoms with Gasteiger partial charge in [0.25, 0.3) is 15.2 Å². The molecule has 1 aliphatic rings. The van der Waals surface area contributed by atoms with Gasteiger partial charge >= 0.3 is 0 Å². The summed E-state index contributed by atoms with van der Waals surface area (Å²) in [6.07, 6.45) is 3.14. The fourth-order valence-electron chi connectivity index (χ4n) is 2.82. The minimum Gasteiger partial charge on any atom is -0.301 e. The van der Waals surface area contributed by atoms with Crippen molar-refractivity contribution in [1.29, 1.82) is 0 Å². The maximum Gasteiger partial charge on any atom is 0.273 e. The Labute approximate surface area is 121 Å². The molecule has 0 saturated heterocycles. The van der Waals surface area contributed by atoms with Gasteiger partial charge in [0.05, 0.1) is 0 Å². The van der Waals surface area contributed by atoms with Crippen LogP contribution in [0.25, 0.3) is 0 Å². The van der Waals surface area contributed by atoms with Gasteiger partial charge in [-0.3, -0.25) is 0 Å². The lowest BCUT2D eigenvalue weighted by molar-refractivity contribution is 0.535. The fourth-order valence-corrected chi connectivity index (χ4v) is 4.49. The lowest BCUT2D eigenvalue weighted by Gasteiger charge is -2.22. The van der Waals surface area contributed by atoms with Crippen molar-refractivity contribution < 1.29 is 8.42 Å².